The minimum atomic E-state index is 0.489. The zero-order valence-electron chi connectivity index (χ0n) is 10.6. The number of aryl methyl sites for hydroxylation is 2. The third-order valence-corrected chi connectivity index (χ3v) is 2.96. The predicted molar refractivity (Wildman–Crippen MR) is 71.4 cm³/mol. The first kappa shape index (κ1) is 12.2. The van der Waals surface area contributed by atoms with E-state index in [1.54, 1.807) is 12.1 Å². The molecule has 92 valence electrons. The second-order valence-corrected chi connectivity index (χ2v) is 4.13. The third-order valence-electron chi connectivity index (χ3n) is 2.96. The van der Waals surface area contributed by atoms with Crippen LogP contribution in [0.1, 0.15) is 30.8 Å². The highest BCUT2D eigenvalue weighted by atomic mass is 15.3. The van der Waals surface area contributed by atoms with Crippen molar-refractivity contribution < 1.29 is 0 Å². The minimum absolute atomic E-state index is 0.489. The van der Waals surface area contributed by atoms with Crippen molar-refractivity contribution in [2.75, 3.05) is 5.73 Å². The maximum atomic E-state index is 9.01. The van der Waals surface area contributed by atoms with Gasteiger partial charge in [0, 0.05) is 11.4 Å². The van der Waals surface area contributed by atoms with Gasteiger partial charge in [0.1, 0.15) is 6.07 Å². The van der Waals surface area contributed by atoms with Crippen LogP contribution < -0.4 is 5.73 Å². The van der Waals surface area contributed by atoms with Crippen molar-refractivity contribution in [2.24, 2.45) is 0 Å². The third kappa shape index (κ3) is 2.07. The van der Waals surface area contributed by atoms with Crippen molar-refractivity contribution in [3.8, 4) is 11.8 Å². The van der Waals surface area contributed by atoms with E-state index in [1.807, 2.05) is 10.7 Å². The number of rotatable bonds is 3. The number of hydrogen-bond donors (Lipinski definition) is 1. The van der Waals surface area contributed by atoms with Gasteiger partial charge in [-0.3, -0.25) is 0 Å². The summed E-state index contributed by atoms with van der Waals surface area (Å²) in [5.74, 6) is 0. The molecule has 0 bridgehead atoms. The van der Waals surface area contributed by atoms with Crippen molar-refractivity contribution in [1.82, 2.24) is 9.78 Å². The smallest absolute Gasteiger partial charge is 0.101 e. The Labute approximate surface area is 107 Å². The second-order valence-electron chi connectivity index (χ2n) is 4.13. The van der Waals surface area contributed by atoms with Gasteiger partial charge in [-0.1, -0.05) is 13.8 Å². The molecule has 0 fully saturated rings. The zero-order chi connectivity index (χ0) is 13.1. The lowest BCUT2D eigenvalue weighted by molar-refractivity contribution is 0.794. The summed E-state index contributed by atoms with van der Waals surface area (Å²) in [5, 5.41) is 13.5. The van der Waals surface area contributed by atoms with Crippen LogP contribution >= 0.6 is 0 Å². The minimum Gasteiger partial charge on any atom is -0.398 e. The van der Waals surface area contributed by atoms with E-state index in [1.165, 1.54) is 0 Å². The Kier molecular flexibility index (Phi) is 3.33. The lowest BCUT2D eigenvalue weighted by Gasteiger charge is -2.07. The van der Waals surface area contributed by atoms with E-state index in [-0.39, 0.29) is 0 Å². The lowest BCUT2D eigenvalue weighted by Crippen LogP contribution is -2.03. The van der Waals surface area contributed by atoms with E-state index in [4.69, 9.17) is 11.0 Å². The summed E-state index contributed by atoms with van der Waals surface area (Å²) < 4.78 is 1.89. The molecule has 0 saturated carbocycles. The van der Waals surface area contributed by atoms with Gasteiger partial charge >= 0.3 is 0 Å². The summed E-state index contributed by atoms with van der Waals surface area (Å²) in [7, 11) is 0. The van der Waals surface area contributed by atoms with Crippen LogP contribution in [0.2, 0.25) is 0 Å². The molecule has 0 amide bonds. The van der Waals surface area contributed by atoms with Gasteiger partial charge in [-0.25, -0.2) is 4.68 Å². The molecule has 0 atom stereocenters. The van der Waals surface area contributed by atoms with Gasteiger partial charge in [-0.2, -0.15) is 10.4 Å². The Morgan fingerprint density at radius 1 is 1.28 bits per heavy atom. The molecule has 0 aliphatic rings. The molecule has 2 N–H and O–H groups in total. The maximum Gasteiger partial charge on any atom is 0.101 e. The number of nitrogens with two attached hydrogens (primary N) is 1. The Morgan fingerprint density at radius 3 is 2.67 bits per heavy atom. The van der Waals surface area contributed by atoms with Crippen molar-refractivity contribution in [2.45, 2.75) is 26.7 Å². The fraction of sp³-hybridized carbons (Fsp3) is 0.286. The van der Waals surface area contributed by atoms with Gasteiger partial charge in [0.2, 0.25) is 0 Å². The highest BCUT2D eigenvalue weighted by molar-refractivity contribution is 5.58. The summed E-state index contributed by atoms with van der Waals surface area (Å²) >= 11 is 0. The normalized spacial score (nSPS) is 10.3. The fourth-order valence-electron chi connectivity index (χ4n) is 1.90. The monoisotopic (exact) mass is 240 g/mol. The van der Waals surface area contributed by atoms with E-state index >= 15 is 0 Å². The average Bonchev–Trinajstić information content (AvgIpc) is 2.82. The summed E-state index contributed by atoms with van der Waals surface area (Å²) in [5.41, 5.74) is 9.80. The average molecular weight is 240 g/mol. The first-order chi connectivity index (χ1) is 8.69. The molecule has 1 aromatic heterocycles. The van der Waals surface area contributed by atoms with Gasteiger partial charge in [0.05, 0.1) is 16.9 Å². The molecule has 0 saturated heterocycles. The van der Waals surface area contributed by atoms with Crippen molar-refractivity contribution in [1.29, 1.82) is 5.26 Å². The second kappa shape index (κ2) is 4.92. The van der Waals surface area contributed by atoms with Crippen LogP contribution in [0.3, 0.4) is 0 Å². The molecule has 0 aliphatic heterocycles. The van der Waals surface area contributed by atoms with E-state index in [0.29, 0.717) is 11.3 Å². The van der Waals surface area contributed by atoms with Gasteiger partial charge in [-0.15, -0.1) is 0 Å². The fourth-order valence-corrected chi connectivity index (χ4v) is 1.90. The summed E-state index contributed by atoms with van der Waals surface area (Å²) in [4.78, 5) is 0. The SMILES string of the molecule is CCc1cc(CC)n(-c2ccc(N)c(C#N)c2)n1. The molecule has 1 heterocycles. The molecule has 0 aliphatic carbocycles. The molecule has 1 aromatic carbocycles. The van der Waals surface area contributed by atoms with Crippen LogP contribution in [0.25, 0.3) is 5.69 Å². The van der Waals surface area contributed by atoms with Gasteiger partial charge in [-0.05, 0) is 37.1 Å². The number of benzene rings is 1. The standard InChI is InChI=1S/C14H16N4/c1-3-11-8-12(4-2)18(17-11)13-5-6-14(16)10(7-13)9-15/h5-8H,3-4,16H2,1-2H3. The molecular weight excluding hydrogens is 224 g/mol. The van der Waals surface area contributed by atoms with E-state index < -0.39 is 0 Å². The van der Waals surface area contributed by atoms with Crippen LogP contribution in [0.4, 0.5) is 5.69 Å². The first-order valence-electron chi connectivity index (χ1n) is 6.07. The molecule has 0 unspecified atom stereocenters. The molecule has 18 heavy (non-hydrogen) atoms. The number of aromatic nitrogens is 2. The largest absolute Gasteiger partial charge is 0.398 e. The quantitative estimate of drug-likeness (QED) is 0.838. The van der Waals surface area contributed by atoms with Crippen LogP contribution in [-0.2, 0) is 12.8 Å². The Morgan fingerprint density at radius 2 is 2.06 bits per heavy atom. The summed E-state index contributed by atoms with van der Waals surface area (Å²) in [6.45, 7) is 4.17. The van der Waals surface area contributed by atoms with Crippen molar-refractivity contribution in [3.63, 3.8) is 0 Å². The van der Waals surface area contributed by atoms with E-state index in [2.05, 4.69) is 31.1 Å². The Bertz CT molecular complexity index is 605. The number of nitrogen functional groups attached to an aromatic ring is 1. The summed E-state index contributed by atoms with van der Waals surface area (Å²) in [6, 6.07) is 9.62. The van der Waals surface area contributed by atoms with Crippen molar-refractivity contribution >= 4 is 5.69 Å². The first-order valence-corrected chi connectivity index (χ1v) is 6.07. The number of hydrogen-bond acceptors (Lipinski definition) is 3. The number of nitrogens with zero attached hydrogens (tertiary/aromatic N) is 3. The molecule has 2 aromatic rings. The molecule has 0 radical (unpaired) electrons. The molecule has 2 rings (SSSR count). The number of anilines is 1. The van der Waals surface area contributed by atoms with Crippen LogP contribution in [0.5, 0.6) is 0 Å². The topological polar surface area (TPSA) is 67.6 Å². The van der Waals surface area contributed by atoms with Gasteiger partial charge in [0.15, 0.2) is 0 Å². The molecule has 0 spiro atoms. The van der Waals surface area contributed by atoms with Crippen LogP contribution in [-0.4, -0.2) is 9.78 Å². The number of nitriles is 1. The van der Waals surface area contributed by atoms with Crippen LogP contribution in [0.15, 0.2) is 24.3 Å². The van der Waals surface area contributed by atoms with Crippen LogP contribution in [0, 0.1) is 11.3 Å². The predicted octanol–water partition coefficient (Wildman–Crippen LogP) is 2.45. The summed E-state index contributed by atoms with van der Waals surface area (Å²) in [6.07, 6.45) is 1.80. The molecular formula is C14H16N4. The van der Waals surface area contributed by atoms with E-state index in [0.717, 1.165) is 29.9 Å². The highest BCUT2D eigenvalue weighted by Gasteiger charge is 2.09. The molecule has 4 nitrogen and oxygen atoms in total. The van der Waals surface area contributed by atoms with Gasteiger partial charge < -0.3 is 5.73 Å². The van der Waals surface area contributed by atoms with E-state index in [9.17, 15) is 0 Å². The highest BCUT2D eigenvalue weighted by Crippen LogP contribution is 2.19. The molecule has 4 heteroatoms. The maximum absolute atomic E-state index is 9.01. The Balaban J connectivity index is 2.54. The lowest BCUT2D eigenvalue weighted by atomic mass is 10.1. The van der Waals surface area contributed by atoms with Crippen molar-refractivity contribution in [3.05, 3.63) is 41.2 Å². The Hall–Kier alpha value is -2.28. The van der Waals surface area contributed by atoms with Gasteiger partial charge in [0.25, 0.3) is 0 Å². The zero-order valence-corrected chi connectivity index (χ0v) is 10.6.